The van der Waals surface area contributed by atoms with Gasteiger partial charge in [0.05, 0.1) is 0 Å². The molecule has 3 nitrogen and oxygen atoms in total. The molecule has 0 amide bonds. The Bertz CT molecular complexity index is 573. The molecule has 1 fully saturated rings. The second kappa shape index (κ2) is 5.13. The number of rotatable bonds is 4. The van der Waals surface area contributed by atoms with Crippen molar-refractivity contribution in [3.63, 3.8) is 0 Å². The molecule has 1 aromatic heterocycles. The van der Waals surface area contributed by atoms with Crippen molar-refractivity contribution in [1.82, 2.24) is 10.2 Å². The second-order valence-electron chi connectivity index (χ2n) is 4.43. The molecule has 2 atom stereocenters. The van der Waals surface area contributed by atoms with Crippen LogP contribution in [-0.2, 0) is 0 Å². The standard InChI is InChI=1S/C12H11Cl2N3S2/c13-12(14)6-8(12)9(7-4-2-1-3-5-7)18-11-17-16-10(15)19-11/h1-5,8-9H,6H2,(H2,15,16). The Kier molecular flexibility index (Phi) is 3.64. The number of hydrogen-bond acceptors (Lipinski definition) is 5. The number of nitrogens with two attached hydrogens (primary N) is 1. The summed E-state index contributed by atoms with van der Waals surface area (Å²) in [6.07, 6.45) is 0.803. The largest absolute Gasteiger partial charge is 0.374 e. The van der Waals surface area contributed by atoms with Gasteiger partial charge < -0.3 is 5.73 Å². The summed E-state index contributed by atoms with van der Waals surface area (Å²) < 4.78 is 0.228. The zero-order valence-electron chi connectivity index (χ0n) is 9.79. The summed E-state index contributed by atoms with van der Waals surface area (Å²) in [4.78, 5) is 0. The van der Waals surface area contributed by atoms with Crippen LogP contribution < -0.4 is 5.73 Å². The fourth-order valence-electron chi connectivity index (χ4n) is 1.96. The predicted octanol–water partition coefficient (Wildman–Crippen LogP) is 4.15. The van der Waals surface area contributed by atoms with Gasteiger partial charge in [0.15, 0.2) is 4.34 Å². The quantitative estimate of drug-likeness (QED) is 0.675. The number of nitrogen functional groups attached to an aromatic ring is 1. The second-order valence-corrected chi connectivity index (χ2v) is 8.37. The van der Waals surface area contributed by atoms with E-state index in [4.69, 9.17) is 28.9 Å². The van der Waals surface area contributed by atoms with Crippen LogP contribution in [0.5, 0.6) is 0 Å². The molecule has 2 unspecified atom stereocenters. The van der Waals surface area contributed by atoms with Crippen LogP contribution in [0.25, 0.3) is 0 Å². The summed E-state index contributed by atoms with van der Waals surface area (Å²) in [5.41, 5.74) is 6.82. The molecule has 0 spiro atoms. The summed E-state index contributed by atoms with van der Waals surface area (Å²) in [7, 11) is 0. The number of anilines is 1. The van der Waals surface area contributed by atoms with E-state index in [-0.39, 0.29) is 11.2 Å². The first kappa shape index (κ1) is 13.5. The average molecular weight is 332 g/mol. The molecule has 0 radical (unpaired) electrons. The highest BCUT2D eigenvalue weighted by atomic mass is 35.5. The molecule has 1 aliphatic carbocycles. The van der Waals surface area contributed by atoms with Gasteiger partial charge in [-0.05, 0) is 12.0 Å². The van der Waals surface area contributed by atoms with E-state index >= 15 is 0 Å². The minimum atomic E-state index is -0.621. The van der Waals surface area contributed by atoms with Crippen LogP contribution in [0.1, 0.15) is 17.2 Å². The molecule has 2 aromatic rings. The Morgan fingerprint density at radius 2 is 2.00 bits per heavy atom. The molecule has 1 aromatic carbocycles. The first-order chi connectivity index (χ1) is 9.06. The minimum Gasteiger partial charge on any atom is -0.374 e. The average Bonchev–Trinajstić information content (AvgIpc) is 2.81. The molecule has 0 saturated heterocycles. The Hall–Kier alpha value is -0.490. The fourth-order valence-corrected chi connectivity index (χ4v) is 4.89. The lowest BCUT2D eigenvalue weighted by atomic mass is 10.1. The number of benzene rings is 1. The Morgan fingerprint density at radius 1 is 1.32 bits per heavy atom. The molecule has 1 saturated carbocycles. The van der Waals surface area contributed by atoms with E-state index in [2.05, 4.69) is 22.3 Å². The van der Waals surface area contributed by atoms with Crippen molar-refractivity contribution in [2.24, 2.45) is 5.92 Å². The maximum atomic E-state index is 6.22. The third-order valence-electron chi connectivity index (χ3n) is 3.02. The summed E-state index contributed by atoms with van der Waals surface area (Å²) >= 11 is 15.5. The normalized spacial score (nSPS) is 22.1. The third kappa shape index (κ3) is 2.99. The summed E-state index contributed by atoms with van der Waals surface area (Å²) in [6, 6.07) is 10.2. The molecule has 19 heavy (non-hydrogen) atoms. The van der Waals surface area contributed by atoms with Gasteiger partial charge in [-0.15, -0.1) is 33.4 Å². The minimum absolute atomic E-state index is 0.184. The molecule has 3 rings (SSSR count). The van der Waals surface area contributed by atoms with Crippen LogP contribution >= 0.6 is 46.3 Å². The van der Waals surface area contributed by atoms with Gasteiger partial charge in [-0.2, -0.15) is 0 Å². The van der Waals surface area contributed by atoms with E-state index in [0.717, 1.165) is 10.8 Å². The van der Waals surface area contributed by atoms with Crippen molar-refractivity contribution in [1.29, 1.82) is 0 Å². The molecular formula is C12H11Cl2N3S2. The predicted molar refractivity (Wildman–Crippen MR) is 81.9 cm³/mol. The van der Waals surface area contributed by atoms with Gasteiger partial charge in [-0.3, -0.25) is 0 Å². The first-order valence-corrected chi connectivity index (χ1v) is 8.20. The van der Waals surface area contributed by atoms with E-state index < -0.39 is 4.33 Å². The molecule has 0 bridgehead atoms. The van der Waals surface area contributed by atoms with Crippen LogP contribution in [0.15, 0.2) is 34.7 Å². The van der Waals surface area contributed by atoms with Crippen LogP contribution in [0.4, 0.5) is 5.13 Å². The summed E-state index contributed by atoms with van der Waals surface area (Å²) in [5.74, 6) is 0.230. The topological polar surface area (TPSA) is 51.8 Å². The summed E-state index contributed by atoms with van der Waals surface area (Å²) in [6.45, 7) is 0. The zero-order chi connectivity index (χ0) is 13.5. The highest BCUT2D eigenvalue weighted by molar-refractivity contribution is 8.01. The van der Waals surface area contributed by atoms with Crippen molar-refractivity contribution in [3.05, 3.63) is 35.9 Å². The number of hydrogen-bond donors (Lipinski definition) is 1. The van der Waals surface area contributed by atoms with Crippen LogP contribution in [0.2, 0.25) is 0 Å². The van der Waals surface area contributed by atoms with Gasteiger partial charge >= 0.3 is 0 Å². The number of aromatic nitrogens is 2. The molecule has 1 heterocycles. The van der Waals surface area contributed by atoms with Crippen molar-refractivity contribution < 1.29 is 0 Å². The number of halogens is 2. The summed E-state index contributed by atoms with van der Waals surface area (Å²) in [5, 5.41) is 8.56. The van der Waals surface area contributed by atoms with E-state index in [1.807, 2.05) is 18.2 Å². The number of alkyl halides is 2. The molecule has 7 heteroatoms. The Morgan fingerprint density at radius 3 is 2.53 bits per heavy atom. The van der Waals surface area contributed by atoms with Crippen molar-refractivity contribution in [2.45, 2.75) is 20.3 Å². The van der Waals surface area contributed by atoms with Crippen LogP contribution in [-0.4, -0.2) is 14.5 Å². The Labute approximate surface area is 129 Å². The highest BCUT2D eigenvalue weighted by Crippen LogP contribution is 2.63. The number of thioether (sulfide) groups is 1. The molecule has 2 N–H and O–H groups in total. The van der Waals surface area contributed by atoms with Crippen LogP contribution in [0, 0.1) is 5.92 Å². The van der Waals surface area contributed by atoms with E-state index in [9.17, 15) is 0 Å². The van der Waals surface area contributed by atoms with Gasteiger partial charge in [0.1, 0.15) is 4.33 Å². The zero-order valence-corrected chi connectivity index (χ0v) is 12.9. The van der Waals surface area contributed by atoms with Crippen LogP contribution in [0.3, 0.4) is 0 Å². The SMILES string of the molecule is Nc1nnc(SC(c2ccccc2)C2CC2(Cl)Cl)s1. The van der Waals surface area contributed by atoms with Gasteiger partial charge in [-0.1, -0.05) is 53.4 Å². The van der Waals surface area contributed by atoms with Gasteiger partial charge in [0.2, 0.25) is 5.13 Å². The Balaban J connectivity index is 1.85. The van der Waals surface area contributed by atoms with Gasteiger partial charge in [0, 0.05) is 11.2 Å². The van der Waals surface area contributed by atoms with E-state index in [0.29, 0.717) is 5.13 Å². The maximum absolute atomic E-state index is 6.22. The lowest BCUT2D eigenvalue weighted by Gasteiger charge is -2.15. The van der Waals surface area contributed by atoms with Gasteiger partial charge in [-0.25, -0.2) is 0 Å². The molecule has 0 aliphatic heterocycles. The van der Waals surface area contributed by atoms with Crippen molar-refractivity contribution in [3.8, 4) is 0 Å². The van der Waals surface area contributed by atoms with E-state index in [1.54, 1.807) is 11.8 Å². The van der Waals surface area contributed by atoms with E-state index in [1.165, 1.54) is 16.9 Å². The monoisotopic (exact) mass is 331 g/mol. The lowest BCUT2D eigenvalue weighted by Crippen LogP contribution is -2.02. The maximum Gasteiger partial charge on any atom is 0.203 e. The molecular weight excluding hydrogens is 321 g/mol. The van der Waals surface area contributed by atoms with Crippen molar-refractivity contribution >= 4 is 51.4 Å². The van der Waals surface area contributed by atoms with Gasteiger partial charge in [0.25, 0.3) is 0 Å². The number of nitrogens with zero attached hydrogens (tertiary/aromatic N) is 2. The smallest absolute Gasteiger partial charge is 0.203 e. The van der Waals surface area contributed by atoms with Crippen molar-refractivity contribution in [2.75, 3.05) is 5.73 Å². The fraction of sp³-hybridized carbons (Fsp3) is 0.333. The molecule has 100 valence electrons. The lowest BCUT2D eigenvalue weighted by molar-refractivity contribution is 0.795. The first-order valence-electron chi connectivity index (χ1n) is 5.75. The highest BCUT2D eigenvalue weighted by Gasteiger charge is 2.56. The third-order valence-corrected chi connectivity index (χ3v) is 6.11. The molecule has 1 aliphatic rings.